The quantitative estimate of drug-likeness (QED) is 0.213. The molecule has 0 spiro atoms. The molecule has 0 aromatic carbocycles. The van der Waals surface area contributed by atoms with Crippen molar-refractivity contribution in [3.05, 3.63) is 0 Å². The Kier molecular flexibility index (Phi) is 18.6. The summed E-state index contributed by atoms with van der Waals surface area (Å²) in [6, 6.07) is 0. The summed E-state index contributed by atoms with van der Waals surface area (Å²) in [5, 5.41) is 28.4. The molecule has 1 rings (SSSR count). The van der Waals surface area contributed by atoms with Gasteiger partial charge in [-0.15, -0.1) is 0 Å². The van der Waals surface area contributed by atoms with E-state index in [9.17, 15) is 15.3 Å². The van der Waals surface area contributed by atoms with Crippen molar-refractivity contribution in [3.8, 4) is 0 Å². The fourth-order valence-electron chi connectivity index (χ4n) is 3.83. The van der Waals surface area contributed by atoms with Crippen molar-refractivity contribution < 1.29 is 24.8 Å². The SMILES string of the molecule is CCCCCCCCCCCCCCCCSCCCOC[C@H]1OC(O)[C@H](O)[C@H]1O. The van der Waals surface area contributed by atoms with Crippen LogP contribution >= 0.6 is 11.8 Å². The van der Waals surface area contributed by atoms with Crippen LogP contribution in [-0.2, 0) is 9.47 Å². The third-order valence-corrected chi connectivity index (χ3v) is 6.99. The van der Waals surface area contributed by atoms with Gasteiger partial charge in [0.15, 0.2) is 6.29 Å². The molecule has 0 amide bonds. The van der Waals surface area contributed by atoms with Gasteiger partial charge in [-0.1, -0.05) is 90.4 Å². The third-order valence-electron chi connectivity index (χ3n) is 5.84. The molecule has 30 heavy (non-hydrogen) atoms. The summed E-state index contributed by atoms with van der Waals surface area (Å²) in [6.45, 7) is 3.10. The number of aliphatic hydroxyl groups excluding tert-OH is 3. The lowest BCUT2D eigenvalue weighted by atomic mass is 10.0. The first kappa shape index (κ1) is 28.2. The van der Waals surface area contributed by atoms with Gasteiger partial charge in [0, 0.05) is 6.61 Å². The molecule has 1 fully saturated rings. The van der Waals surface area contributed by atoms with Crippen molar-refractivity contribution in [1.82, 2.24) is 0 Å². The monoisotopic (exact) mass is 448 g/mol. The first-order valence-corrected chi connectivity index (χ1v) is 13.7. The van der Waals surface area contributed by atoms with E-state index in [2.05, 4.69) is 6.92 Å². The molecule has 0 radical (unpaired) electrons. The van der Waals surface area contributed by atoms with E-state index in [4.69, 9.17) is 9.47 Å². The molecule has 0 aromatic rings. The number of hydrogen-bond acceptors (Lipinski definition) is 6. The maximum absolute atomic E-state index is 9.67. The Hall–Kier alpha value is 0.150. The maximum atomic E-state index is 9.67. The van der Waals surface area contributed by atoms with Crippen molar-refractivity contribution in [2.45, 2.75) is 128 Å². The fourth-order valence-corrected chi connectivity index (χ4v) is 4.76. The largest absolute Gasteiger partial charge is 0.387 e. The second kappa shape index (κ2) is 19.8. The minimum atomic E-state index is -1.31. The van der Waals surface area contributed by atoms with Crippen molar-refractivity contribution in [3.63, 3.8) is 0 Å². The zero-order valence-electron chi connectivity index (χ0n) is 19.3. The summed E-state index contributed by atoms with van der Waals surface area (Å²) in [7, 11) is 0. The van der Waals surface area contributed by atoms with Gasteiger partial charge in [0.25, 0.3) is 0 Å². The number of rotatable bonds is 21. The van der Waals surface area contributed by atoms with E-state index in [0.29, 0.717) is 6.61 Å². The number of thioether (sulfide) groups is 1. The molecule has 1 saturated heterocycles. The van der Waals surface area contributed by atoms with Crippen LogP contribution in [0.5, 0.6) is 0 Å². The van der Waals surface area contributed by atoms with Gasteiger partial charge in [0.2, 0.25) is 0 Å². The Morgan fingerprint density at radius 1 is 0.667 bits per heavy atom. The molecule has 0 aliphatic carbocycles. The van der Waals surface area contributed by atoms with Crippen molar-refractivity contribution in [2.24, 2.45) is 0 Å². The first-order valence-electron chi connectivity index (χ1n) is 12.5. The molecule has 6 heteroatoms. The van der Waals surface area contributed by atoms with Crippen LogP contribution in [0.25, 0.3) is 0 Å². The van der Waals surface area contributed by atoms with Crippen LogP contribution in [-0.4, -0.2) is 64.6 Å². The molecule has 0 bridgehead atoms. The smallest absolute Gasteiger partial charge is 0.184 e. The lowest BCUT2D eigenvalue weighted by Crippen LogP contribution is -2.34. The maximum Gasteiger partial charge on any atom is 0.184 e. The second-order valence-electron chi connectivity index (χ2n) is 8.68. The lowest BCUT2D eigenvalue weighted by Gasteiger charge is -2.14. The molecule has 0 saturated carbocycles. The second-order valence-corrected chi connectivity index (χ2v) is 9.91. The Morgan fingerprint density at radius 2 is 1.17 bits per heavy atom. The van der Waals surface area contributed by atoms with E-state index in [0.717, 1.165) is 12.2 Å². The van der Waals surface area contributed by atoms with Crippen LogP contribution in [0.3, 0.4) is 0 Å². The van der Waals surface area contributed by atoms with Gasteiger partial charge in [-0.3, -0.25) is 0 Å². The fraction of sp³-hybridized carbons (Fsp3) is 1.00. The molecule has 3 N–H and O–H groups in total. The summed E-state index contributed by atoms with van der Waals surface area (Å²) in [4.78, 5) is 0. The Bertz CT molecular complexity index is 372. The standard InChI is InChI=1S/C24H48O5S/c1-2-3-4-5-6-7-8-9-10-11-12-13-14-15-18-30-19-16-17-28-20-21-22(25)23(26)24(27)29-21/h21-27H,2-20H2,1H3/t21-,22+,23-,24?/m1/s1. The number of hydrogen-bond donors (Lipinski definition) is 3. The highest BCUT2D eigenvalue weighted by molar-refractivity contribution is 7.99. The predicted molar refractivity (Wildman–Crippen MR) is 126 cm³/mol. The predicted octanol–water partition coefficient (Wildman–Crippen LogP) is 5.05. The molecule has 0 aromatic heterocycles. The Balaban J connectivity index is 1.70. The number of aliphatic hydroxyl groups is 3. The van der Waals surface area contributed by atoms with Crippen LogP contribution in [0.2, 0.25) is 0 Å². The topological polar surface area (TPSA) is 79.2 Å². The molecule has 1 unspecified atom stereocenters. The van der Waals surface area contributed by atoms with Crippen molar-refractivity contribution in [1.29, 1.82) is 0 Å². The Morgan fingerprint density at radius 3 is 1.67 bits per heavy atom. The number of ether oxygens (including phenoxy) is 2. The summed E-state index contributed by atoms with van der Waals surface area (Å²) >= 11 is 1.98. The molecule has 180 valence electrons. The van der Waals surface area contributed by atoms with E-state index < -0.39 is 24.6 Å². The van der Waals surface area contributed by atoms with Crippen LogP contribution in [0, 0.1) is 0 Å². The van der Waals surface area contributed by atoms with E-state index in [-0.39, 0.29) is 6.61 Å². The van der Waals surface area contributed by atoms with Gasteiger partial charge >= 0.3 is 0 Å². The zero-order valence-corrected chi connectivity index (χ0v) is 20.1. The third kappa shape index (κ3) is 14.3. The molecular weight excluding hydrogens is 400 g/mol. The van der Waals surface area contributed by atoms with Gasteiger partial charge in [0.1, 0.15) is 18.3 Å². The average molecular weight is 449 g/mol. The minimum Gasteiger partial charge on any atom is -0.387 e. The summed E-state index contributed by atoms with van der Waals surface area (Å²) in [5.41, 5.74) is 0. The number of unbranched alkanes of at least 4 members (excludes halogenated alkanes) is 13. The first-order chi connectivity index (χ1) is 14.7. The summed E-state index contributed by atoms with van der Waals surface area (Å²) in [5.74, 6) is 2.30. The van der Waals surface area contributed by atoms with Crippen LogP contribution in [0.15, 0.2) is 0 Å². The molecule has 1 aliphatic heterocycles. The summed E-state index contributed by atoms with van der Waals surface area (Å²) in [6.07, 6.45) is 16.3. The zero-order chi connectivity index (χ0) is 21.9. The lowest BCUT2D eigenvalue weighted by molar-refractivity contribution is -0.136. The van der Waals surface area contributed by atoms with E-state index in [1.54, 1.807) is 0 Å². The van der Waals surface area contributed by atoms with E-state index in [1.165, 1.54) is 95.6 Å². The minimum absolute atomic E-state index is 0.207. The molecular formula is C24H48O5S. The van der Waals surface area contributed by atoms with E-state index >= 15 is 0 Å². The van der Waals surface area contributed by atoms with Gasteiger partial charge in [0.05, 0.1) is 6.61 Å². The Labute approximate surface area is 189 Å². The van der Waals surface area contributed by atoms with Crippen LogP contribution in [0.1, 0.15) is 103 Å². The van der Waals surface area contributed by atoms with Crippen LogP contribution in [0.4, 0.5) is 0 Å². The highest BCUT2D eigenvalue weighted by Crippen LogP contribution is 2.20. The van der Waals surface area contributed by atoms with Gasteiger partial charge in [-0.2, -0.15) is 11.8 Å². The van der Waals surface area contributed by atoms with Gasteiger partial charge in [-0.25, -0.2) is 0 Å². The summed E-state index contributed by atoms with van der Waals surface area (Å²) < 4.78 is 10.5. The van der Waals surface area contributed by atoms with Gasteiger partial charge < -0.3 is 24.8 Å². The van der Waals surface area contributed by atoms with Crippen molar-refractivity contribution in [2.75, 3.05) is 24.7 Å². The highest BCUT2D eigenvalue weighted by atomic mass is 32.2. The highest BCUT2D eigenvalue weighted by Gasteiger charge is 2.41. The normalized spacial score (nSPS) is 24.0. The molecule has 5 nitrogen and oxygen atoms in total. The van der Waals surface area contributed by atoms with Gasteiger partial charge in [-0.05, 0) is 24.3 Å². The van der Waals surface area contributed by atoms with Crippen molar-refractivity contribution >= 4 is 11.8 Å². The van der Waals surface area contributed by atoms with E-state index in [1.807, 2.05) is 11.8 Å². The molecule has 1 heterocycles. The molecule has 1 aliphatic rings. The molecule has 4 atom stereocenters. The van der Waals surface area contributed by atoms with Crippen LogP contribution < -0.4 is 0 Å². The average Bonchev–Trinajstić information content (AvgIpc) is 2.99.